The molecule has 1 unspecified atom stereocenters. The van der Waals surface area contributed by atoms with E-state index in [4.69, 9.17) is 0 Å². The van der Waals surface area contributed by atoms with Crippen LogP contribution in [0.25, 0.3) is 11.4 Å². The second-order valence-electron chi connectivity index (χ2n) is 8.71. The number of nitrogens with one attached hydrogen (secondary N) is 1. The second kappa shape index (κ2) is 9.97. The minimum absolute atomic E-state index is 0.112. The third-order valence-electron chi connectivity index (χ3n) is 6.28. The minimum Gasteiger partial charge on any atom is -0.368 e. The van der Waals surface area contributed by atoms with Gasteiger partial charge in [-0.2, -0.15) is 13.2 Å². The summed E-state index contributed by atoms with van der Waals surface area (Å²) in [4.78, 5) is 27.8. The molecule has 4 rings (SSSR count). The molecule has 0 aliphatic carbocycles. The molecule has 1 saturated heterocycles. The highest BCUT2D eigenvalue weighted by molar-refractivity contribution is 6.01. The van der Waals surface area contributed by atoms with E-state index < -0.39 is 17.6 Å². The smallest absolute Gasteiger partial charge is 0.368 e. The predicted molar refractivity (Wildman–Crippen MR) is 123 cm³/mol. The van der Waals surface area contributed by atoms with Gasteiger partial charge in [-0.3, -0.25) is 4.79 Å². The number of hydrogen-bond donors (Lipinski definition) is 1. The van der Waals surface area contributed by atoms with Gasteiger partial charge in [0.05, 0.1) is 17.2 Å². The van der Waals surface area contributed by atoms with E-state index >= 15 is 0 Å². The number of amides is 1. The van der Waals surface area contributed by atoms with Gasteiger partial charge >= 0.3 is 6.18 Å². The van der Waals surface area contributed by atoms with Crippen molar-refractivity contribution in [2.24, 2.45) is 5.92 Å². The lowest BCUT2D eigenvalue weighted by Crippen LogP contribution is -2.51. The Morgan fingerprint density at radius 2 is 1.91 bits per heavy atom. The number of halogens is 4. The topological polar surface area (TPSA) is 71.0 Å². The fourth-order valence-corrected chi connectivity index (χ4v) is 4.48. The Kier molecular flexibility index (Phi) is 7.00. The van der Waals surface area contributed by atoms with Crippen molar-refractivity contribution in [1.29, 1.82) is 0 Å². The number of anilines is 1. The molecule has 6 nitrogen and oxygen atoms in total. The van der Waals surface area contributed by atoms with Crippen molar-refractivity contribution >= 4 is 11.7 Å². The Labute approximate surface area is 200 Å². The lowest BCUT2D eigenvalue weighted by atomic mass is 9.89. The van der Waals surface area contributed by atoms with Crippen LogP contribution in [-0.4, -0.2) is 44.9 Å². The van der Waals surface area contributed by atoms with Crippen molar-refractivity contribution < 1.29 is 22.4 Å². The van der Waals surface area contributed by atoms with Crippen LogP contribution in [0, 0.1) is 18.7 Å². The summed E-state index contributed by atoms with van der Waals surface area (Å²) in [5, 5.41) is 3.06. The summed E-state index contributed by atoms with van der Waals surface area (Å²) in [5.74, 6) is -0.140. The van der Waals surface area contributed by atoms with Crippen LogP contribution in [0.3, 0.4) is 0 Å². The highest BCUT2D eigenvalue weighted by atomic mass is 19.4. The largest absolute Gasteiger partial charge is 0.417 e. The van der Waals surface area contributed by atoms with Gasteiger partial charge in [-0.25, -0.2) is 19.3 Å². The Balaban J connectivity index is 1.60. The summed E-state index contributed by atoms with van der Waals surface area (Å²) in [6.07, 6.45) is 1.10. The van der Waals surface area contributed by atoms with E-state index in [0.29, 0.717) is 23.5 Å². The maximum Gasteiger partial charge on any atom is 0.417 e. The highest BCUT2D eigenvalue weighted by Crippen LogP contribution is 2.32. The quantitative estimate of drug-likeness (QED) is 0.491. The molecule has 2 atom stereocenters. The number of hydrogen-bond acceptors (Lipinski definition) is 5. The number of alkyl halides is 3. The van der Waals surface area contributed by atoms with Crippen LogP contribution in [-0.2, 0) is 6.18 Å². The third kappa shape index (κ3) is 5.41. The molecule has 10 heteroatoms. The Morgan fingerprint density at radius 1 is 1.17 bits per heavy atom. The summed E-state index contributed by atoms with van der Waals surface area (Å²) in [5.41, 5.74) is 0.378. The Morgan fingerprint density at radius 3 is 2.57 bits per heavy atom. The van der Waals surface area contributed by atoms with Crippen molar-refractivity contribution in [1.82, 2.24) is 19.9 Å². The van der Waals surface area contributed by atoms with Crippen LogP contribution >= 0.6 is 0 Å². The van der Waals surface area contributed by atoms with Crippen LogP contribution in [0.1, 0.15) is 41.3 Å². The van der Waals surface area contributed by atoms with Gasteiger partial charge in [-0.15, -0.1) is 0 Å². The zero-order valence-electron chi connectivity index (χ0n) is 19.3. The van der Waals surface area contributed by atoms with E-state index in [1.54, 1.807) is 30.3 Å². The van der Waals surface area contributed by atoms with Gasteiger partial charge in [0.2, 0.25) is 0 Å². The highest BCUT2D eigenvalue weighted by Gasteiger charge is 2.34. The maximum atomic E-state index is 14.4. The molecule has 35 heavy (non-hydrogen) atoms. The number of nitrogens with zero attached hydrogens (tertiary/aromatic N) is 4. The number of aryl methyl sites for hydroxylation is 1. The molecule has 1 amide bonds. The molecular weight excluding hydrogens is 462 g/mol. The molecule has 0 saturated carbocycles. The van der Waals surface area contributed by atoms with Gasteiger partial charge in [0.15, 0.2) is 5.82 Å². The van der Waals surface area contributed by atoms with Gasteiger partial charge < -0.3 is 10.2 Å². The Hall–Kier alpha value is -3.56. The minimum atomic E-state index is -4.46. The van der Waals surface area contributed by atoms with Crippen molar-refractivity contribution in [3.8, 4) is 11.4 Å². The van der Waals surface area contributed by atoms with Gasteiger partial charge in [-0.1, -0.05) is 6.92 Å². The van der Waals surface area contributed by atoms with Gasteiger partial charge in [0, 0.05) is 37.2 Å². The van der Waals surface area contributed by atoms with Gasteiger partial charge in [-0.05, 0) is 61.6 Å². The summed E-state index contributed by atoms with van der Waals surface area (Å²) < 4.78 is 52.9. The average molecular weight is 488 g/mol. The summed E-state index contributed by atoms with van der Waals surface area (Å²) in [6.45, 7) is 4.49. The number of piperidine rings is 1. The van der Waals surface area contributed by atoms with Crippen molar-refractivity contribution in [3.05, 3.63) is 71.4 Å². The molecule has 2 aromatic heterocycles. The lowest BCUT2D eigenvalue weighted by molar-refractivity contribution is -0.137. The molecule has 0 bridgehead atoms. The molecular formula is C25H25F4N5O. The number of rotatable bonds is 5. The van der Waals surface area contributed by atoms with Crippen LogP contribution in [0.2, 0.25) is 0 Å². The van der Waals surface area contributed by atoms with Crippen LogP contribution in [0.4, 0.5) is 23.4 Å². The zero-order valence-corrected chi connectivity index (χ0v) is 19.3. The molecule has 1 fully saturated rings. The second-order valence-corrected chi connectivity index (χ2v) is 8.71. The number of pyridine rings is 1. The first-order valence-corrected chi connectivity index (χ1v) is 11.3. The molecule has 1 N–H and O–H groups in total. The molecule has 184 valence electrons. The summed E-state index contributed by atoms with van der Waals surface area (Å²) in [6, 6.07) is 6.17. The lowest BCUT2D eigenvalue weighted by Gasteiger charge is -2.40. The fraction of sp³-hybridized carbons (Fsp3) is 0.360. The summed E-state index contributed by atoms with van der Waals surface area (Å²) in [7, 11) is 0. The van der Waals surface area contributed by atoms with E-state index in [1.165, 1.54) is 18.2 Å². The molecule has 0 spiro atoms. The first kappa shape index (κ1) is 24.6. The molecule has 3 aromatic rings. The first-order valence-electron chi connectivity index (χ1n) is 11.3. The number of benzene rings is 1. The molecule has 1 aromatic carbocycles. The third-order valence-corrected chi connectivity index (χ3v) is 6.28. The zero-order chi connectivity index (χ0) is 25.2. The predicted octanol–water partition coefficient (Wildman–Crippen LogP) is 5.36. The fourth-order valence-electron chi connectivity index (χ4n) is 4.48. The maximum absolute atomic E-state index is 14.4. The molecule has 1 aliphatic rings. The Bertz CT molecular complexity index is 1180. The van der Waals surface area contributed by atoms with E-state index in [9.17, 15) is 22.4 Å². The number of carbonyl (C=O) groups excluding carboxylic acids is 1. The van der Waals surface area contributed by atoms with Crippen molar-refractivity contribution in [3.63, 3.8) is 0 Å². The van der Waals surface area contributed by atoms with Gasteiger partial charge in [0.25, 0.3) is 5.91 Å². The summed E-state index contributed by atoms with van der Waals surface area (Å²) >= 11 is 0. The van der Waals surface area contributed by atoms with Crippen molar-refractivity contribution in [2.75, 3.05) is 18.4 Å². The molecule has 3 heterocycles. The molecule has 1 aliphatic heterocycles. The standard InChI is InChI=1S/C25H25F4N5O/c1-15-5-3-10-34(20(15)14-33-21-7-6-17(13-32-21)25(27,28)29)24(35)19-12-18(26)11-16(2)22(19)23-30-8-4-9-31-23/h4,6-9,11-13,15,20H,3,5,10,14H2,1-2H3,(H,32,33)/t15-,20?/m1/s1. The van der Waals surface area contributed by atoms with E-state index in [1.807, 2.05) is 6.92 Å². The number of carbonyl (C=O) groups is 1. The van der Waals surface area contributed by atoms with Crippen molar-refractivity contribution in [2.45, 2.75) is 38.9 Å². The van der Waals surface area contributed by atoms with E-state index in [0.717, 1.165) is 25.1 Å². The normalized spacial score (nSPS) is 18.4. The van der Waals surface area contributed by atoms with E-state index in [-0.39, 0.29) is 35.8 Å². The van der Waals surface area contributed by atoms with E-state index in [2.05, 4.69) is 20.3 Å². The van der Waals surface area contributed by atoms with Gasteiger partial charge in [0.1, 0.15) is 11.6 Å². The first-order chi connectivity index (χ1) is 16.6. The number of likely N-dealkylation sites (tertiary alicyclic amines) is 1. The number of aromatic nitrogens is 3. The van der Waals surface area contributed by atoms with Crippen LogP contribution in [0.5, 0.6) is 0 Å². The molecule has 0 radical (unpaired) electrons. The van der Waals surface area contributed by atoms with Crippen LogP contribution in [0.15, 0.2) is 48.9 Å². The van der Waals surface area contributed by atoms with Crippen LogP contribution < -0.4 is 5.32 Å². The average Bonchev–Trinajstić information content (AvgIpc) is 2.82. The SMILES string of the molecule is Cc1cc(F)cc(C(=O)N2CCC[C@@H](C)C2CNc2ccc(C(F)(F)F)cn2)c1-c1ncccn1. The monoisotopic (exact) mass is 487 g/mol.